The van der Waals surface area contributed by atoms with E-state index in [1.165, 1.54) is 11.1 Å². The molecule has 17 heavy (non-hydrogen) atoms. The second-order valence-corrected chi connectivity index (χ2v) is 4.67. The number of nitrogens with zero attached hydrogens (tertiary/aromatic N) is 1. The van der Waals surface area contributed by atoms with E-state index in [9.17, 15) is 0 Å². The Hall–Kier alpha value is -1.38. The highest BCUT2D eigenvalue weighted by atomic mass is 35.5. The highest BCUT2D eigenvalue weighted by Crippen LogP contribution is 2.27. The van der Waals surface area contributed by atoms with Crippen molar-refractivity contribution < 1.29 is 0 Å². The van der Waals surface area contributed by atoms with E-state index in [0.717, 1.165) is 18.7 Å². The van der Waals surface area contributed by atoms with Gasteiger partial charge < -0.3 is 5.32 Å². The summed E-state index contributed by atoms with van der Waals surface area (Å²) in [6.45, 7) is 0.992. The fourth-order valence-corrected chi connectivity index (χ4v) is 2.44. The van der Waals surface area contributed by atoms with Gasteiger partial charge in [-0.05, 0) is 29.7 Å². The molecule has 0 bridgehead atoms. The number of nitrogens with one attached hydrogen (secondary N) is 1. The number of pyridine rings is 1. The molecule has 2 aromatic rings. The lowest BCUT2D eigenvalue weighted by molar-refractivity contribution is 0.557. The van der Waals surface area contributed by atoms with Crippen LogP contribution in [0.5, 0.6) is 0 Å². The van der Waals surface area contributed by atoms with Gasteiger partial charge in [0.15, 0.2) is 0 Å². The van der Waals surface area contributed by atoms with E-state index < -0.39 is 0 Å². The van der Waals surface area contributed by atoms with Crippen LogP contribution in [0.3, 0.4) is 0 Å². The van der Waals surface area contributed by atoms with Crippen molar-refractivity contribution >= 4 is 11.6 Å². The Morgan fingerprint density at radius 1 is 1.18 bits per heavy atom. The first-order valence-electron chi connectivity index (χ1n) is 5.77. The Morgan fingerprint density at radius 2 is 2.06 bits per heavy atom. The first kappa shape index (κ1) is 10.8. The third kappa shape index (κ3) is 2.06. The Labute approximate surface area is 106 Å². The van der Waals surface area contributed by atoms with Crippen LogP contribution in [0, 0.1) is 0 Å². The zero-order chi connectivity index (χ0) is 11.7. The van der Waals surface area contributed by atoms with Gasteiger partial charge >= 0.3 is 0 Å². The molecule has 0 fully saturated rings. The summed E-state index contributed by atoms with van der Waals surface area (Å²) in [5.41, 5.74) is 3.77. The highest BCUT2D eigenvalue weighted by molar-refractivity contribution is 6.30. The molecule has 1 aliphatic rings. The van der Waals surface area contributed by atoms with Crippen LogP contribution in [0.4, 0.5) is 0 Å². The molecule has 1 aromatic heterocycles. The standard InChI is InChI=1S/C14H13ClN2/c15-11-5-6-13(17-9-11)14-12-4-2-1-3-10(12)7-8-16-14/h1-6,9,14,16H,7-8H2. The zero-order valence-corrected chi connectivity index (χ0v) is 10.1. The maximum Gasteiger partial charge on any atom is 0.0754 e. The maximum absolute atomic E-state index is 5.87. The van der Waals surface area contributed by atoms with Gasteiger partial charge in [0, 0.05) is 12.7 Å². The SMILES string of the molecule is Clc1ccc(C2NCCc3ccccc32)nc1. The van der Waals surface area contributed by atoms with Crippen molar-refractivity contribution in [2.45, 2.75) is 12.5 Å². The van der Waals surface area contributed by atoms with Crippen molar-refractivity contribution in [2.75, 3.05) is 6.54 Å². The Kier molecular flexibility index (Phi) is 2.83. The van der Waals surface area contributed by atoms with Gasteiger partial charge in [-0.3, -0.25) is 4.98 Å². The van der Waals surface area contributed by atoms with Crippen LogP contribution >= 0.6 is 11.6 Å². The highest BCUT2D eigenvalue weighted by Gasteiger charge is 2.21. The van der Waals surface area contributed by atoms with Crippen molar-refractivity contribution in [3.8, 4) is 0 Å². The van der Waals surface area contributed by atoms with Crippen LogP contribution in [0.1, 0.15) is 22.9 Å². The molecule has 0 amide bonds. The maximum atomic E-state index is 5.87. The summed E-state index contributed by atoms with van der Waals surface area (Å²) < 4.78 is 0. The molecule has 3 rings (SSSR count). The molecule has 3 heteroatoms. The van der Waals surface area contributed by atoms with E-state index in [1.807, 2.05) is 12.1 Å². The van der Waals surface area contributed by atoms with Gasteiger partial charge in [-0.25, -0.2) is 0 Å². The minimum atomic E-state index is 0.192. The van der Waals surface area contributed by atoms with Crippen molar-refractivity contribution in [1.29, 1.82) is 0 Å². The summed E-state index contributed by atoms with van der Waals surface area (Å²) in [5.74, 6) is 0. The minimum Gasteiger partial charge on any atom is -0.305 e. The molecule has 1 N–H and O–H groups in total. The number of aromatic nitrogens is 1. The quantitative estimate of drug-likeness (QED) is 0.834. The number of benzene rings is 1. The molecule has 1 aromatic carbocycles. The molecule has 1 atom stereocenters. The number of hydrogen-bond acceptors (Lipinski definition) is 2. The Bertz CT molecular complexity index is 522. The zero-order valence-electron chi connectivity index (χ0n) is 9.36. The molecule has 1 aliphatic heterocycles. The van der Waals surface area contributed by atoms with Crippen LogP contribution in [-0.2, 0) is 6.42 Å². The molecule has 0 saturated carbocycles. The van der Waals surface area contributed by atoms with Crippen molar-refractivity contribution in [3.63, 3.8) is 0 Å². The summed E-state index contributed by atoms with van der Waals surface area (Å²) in [6.07, 6.45) is 2.79. The fourth-order valence-electron chi connectivity index (χ4n) is 2.33. The normalized spacial score (nSPS) is 18.8. The van der Waals surface area contributed by atoms with Gasteiger partial charge in [-0.1, -0.05) is 35.9 Å². The van der Waals surface area contributed by atoms with Crippen LogP contribution in [-0.4, -0.2) is 11.5 Å². The second kappa shape index (κ2) is 4.47. The lowest BCUT2D eigenvalue weighted by atomic mass is 9.92. The van der Waals surface area contributed by atoms with Gasteiger partial charge in [0.2, 0.25) is 0 Å². The van der Waals surface area contributed by atoms with E-state index >= 15 is 0 Å². The predicted molar refractivity (Wildman–Crippen MR) is 69.2 cm³/mol. The topological polar surface area (TPSA) is 24.9 Å². The average Bonchev–Trinajstić information content (AvgIpc) is 2.39. The van der Waals surface area contributed by atoms with Gasteiger partial charge in [-0.2, -0.15) is 0 Å². The van der Waals surface area contributed by atoms with Crippen molar-refractivity contribution in [3.05, 3.63) is 64.4 Å². The van der Waals surface area contributed by atoms with Crippen molar-refractivity contribution in [1.82, 2.24) is 10.3 Å². The summed E-state index contributed by atoms with van der Waals surface area (Å²) in [7, 11) is 0. The van der Waals surface area contributed by atoms with Crippen LogP contribution in [0.2, 0.25) is 5.02 Å². The van der Waals surface area contributed by atoms with Crippen LogP contribution < -0.4 is 5.32 Å². The van der Waals surface area contributed by atoms with Crippen molar-refractivity contribution in [2.24, 2.45) is 0 Å². The van der Waals surface area contributed by atoms with Gasteiger partial charge in [0.1, 0.15) is 0 Å². The number of rotatable bonds is 1. The van der Waals surface area contributed by atoms with E-state index in [1.54, 1.807) is 6.20 Å². The summed E-state index contributed by atoms with van der Waals surface area (Å²) >= 11 is 5.87. The van der Waals surface area contributed by atoms with E-state index in [-0.39, 0.29) is 6.04 Å². The monoisotopic (exact) mass is 244 g/mol. The molecular weight excluding hydrogens is 232 g/mol. The average molecular weight is 245 g/mol. The Morgan fingerprint density at radius 3 is 2.88 bits per heavy atom. The number of halogens is 1. The molecule has 2 nitrogen and oxygen atoms in total. The molecular formula is C14H13ClN2. The lowest BCUT2D eigenvalue weighted by Crippen LogP contribution is -2.31. The minimum absolute atomic E-state index is 0.192. The van der Waals surface area contributed by atoms with E-state index in [2.05, 4.69) is 34.6 Å². The largest absolute Gasteiger partial charge is 0.305 e. The molecule has 86 valence electrons. The molecule has 0 radical (unpaired) electrons. The molecule has 0 saturated heterocycles. The first-order chi connectivity index (χ1) is 8.34. The molecule has 2 heterocycles. The third-order valence-corrected chi connectivity index (χ3v) is 3.38. The summed E-state index contributed by atoms with van der Waals surface area (Å²) in [4.78, 5) is 4.41. The van der Waals surface area contributed by atoms with Gasteiger partial charge in [0.25, 0.3) is 0 Å². The van der Waals surface area contributed by atoms with E-state index in [0.29, 0.717) is 5.02 Å². The van der Waals surface area contributed by atoms with Gasteiger partial charge in [0.05, 0.1) is 16.8 Å². The summed E-state index contributed by atoms with van der Waals surface area (Å²) in [5, 5.41) is 4.18. The van der Waals surface area contributed by atoms with Crippen LogP contribution in [0.15, 0.2) is 42.6 Å². The summed E-state index contributed by atoms with van der Waals surface area (Å²) in [6, 6.07) is 12.6. The first-order valence-corrected chi connectivity index (χ1v) is 6.15. The Balaban J connectivity index is 2.03. The number of hydrogen-bond donors (Lipinski definition) is 1. The van der Waals surface area contributed by atoms with E-state index in [4.69, 9.17) is 11.6 Å². The van der Waals surface area contributed by atoms with Crippen LogP contribution in [0.25, 0.3) is 0 Å². The molecule has 0 aliphatic carbocycles. The smallest absolute Gasteiger partial charge is 0.0754 e. The second-order valence-electron chi connectivity index (χ2n) is 4.24. The fraction of sp³-hybridized carbons (Fsp3) is 0.214. The predicted octanol–water partition coefficient (Wildman–Crippen LogP) is 2.97. The third-order valence-electron chi connectivity index (χ3n) is 3.15. The van der Waals surface area contributed by atoms with Gasteiger partial charge in [-0.15, -0.1) is 0 Å². The number of fused-ring (bicyclic) bond motifs is 1. The molecule has 0 spiro atoms. The molecule has 1 unspecified atom stereocenters. The lowest BCUT2D eigenvalue weighted by Gasteiger charge is -2.26.